The molecular formula is C16H19N3OS2. The van der Waals surface area contributed by atoms with E-state index in [0.29, 0.717) is 6.61 Å². The summed E-state index contributed by atoms with van der Waals surface area (Å²) in [5.74, 6) is 2.99. The summed E-state index contributed by atoms with van der Waals surface area (Å²) in [6.45, 7) is 1.47. The zero-order valence-electron chi connectivity index (χ0n) is 12.5. The van der Waals surface area contributed by atoms with Gasteiger partial charge in [-0.05, 0) is 23.8 Å². The molecule has 2 heterocycles. The number of aromatic nitrogens is 1. The highest BCUT2D eigenvalue weighted by Gasteiger charge is 2.05. The lowest BCUT2D eigenvalue weighted by molar-refractivity contribution is 0.326. The van der Waals surface area contributed by atoms with E-state index in [9.17, 15) is 0 Å². The maximum absolute atomic E-state index is 5.79. The summed E-state index contributed by atoms with van der Waals surface area (Å²) in [6.07, 6.45) is 4.02. The fourth-order valence-electron chi connectivity index (χ4n) is 2.11. The zero-order chi connectivity index (χ0) is 15.2. The monoisotopic (exact) mass is 333 g/mol. The van der Waals surface area contributed by atoms with Crippen molar-refractivity contribution in [1.82, 2.24) is 10.3 Å². The van der Waals surface area contributed by atoms with Crippen molar-refractivity contribution in [2.24, 2.45) is 0 Å². The lowest BCUT2D eigenvalue weighted by Crippen LogP contribution is -2.23. The molecule has 0 atom stereocenters. The van der Waals surface area contributed by atoms with Gasteiger partial charge < -0.3 is 15.0 Å². The van der Waals surface area contributed by atoms with Crippen LogP contribution in [-0.4, -0.2) is 36.8 Å². The number of nitrogens with zero attached hydrogens (tertiary/aromatic N) is 2. The molecule has 2 aromatic rings. The molecule has 116 valence electrons. The Morgan fingerprint density at radius 3 is 2.91 bits per heavy atom. The van der Waals surface area contributed by atoms with Crippen LogP contribution in [0.3, 0.4) is 0 Å². The van der Waals surface area contributed by atoms with Gasteiger partial charge in [0.25, 0.3) is 0 Å². The number of thiazole rings is 1. The van der Waals surface area contributed by atoms with Crippen LogP contribution in [0.25, 0.3) is 6.08 Å². The second-order valence-electron chi connectivity index (χ2n) is 4.99. The van der Waals surface area contributed by atoms with E-state index in [2.05, 4.69) is 33.4 Å². The molecule has 4 nitrogen and oxygen atoms in total. The van der Waals surface area contributed by atoms with Gasteiger partial charge in [-0.2, -0.15) is 0 Å². The van der Waals surface area contributed by atoms with Crippen molar-refractivity contribution in [3.63, 3.8) is 0 Å². The molecule has 22 heavy (non-hydrogen) atoms. The molecule has 0 spiro atoms. The molecule has 1 aromatic heterocycles. The van der Waals surface area contributed by atoms with Crippen molar-refractivity contribution >= 4 is 34.3 Å². The third-order valence-electron chi connectivity index (χ3n) is 3.32. The van der Waals surface area contributed by atoms with Gasteiger partial charge in [0.05, 0.1) is 12.4 Å². The van der Waals surface area contributed by atoms with Gasteiger partial charge in [0, 0.05) is 30.1 Å². The molecule has 6 heteroatoms. The largest absolute Gasteiger partial charge is 0.492 e. The number of thioether (sulfide) groups is 1. The van der Waals surface area contributed by atoms with E-state index in [1.54, 1.807) is 11.3 Å². The first-order valence-corrected chi connectivity index (χ1v) is 9.20. The van der Waals surface area contributed by atoms with Crippen molar-refractivity contribution in [3.05, 3.63) is 47.1 Å². The molecule has 1 N–H and O–H groups in total. The molecule has 1 fully saturated rings. The number of hydrogen-bond donors (Lipinski definition) is 1. The summed E-state index contributed by atoms with van der Waals surface area (Å²) in [5.41, 5.74) is 2.50. The highest BCUT2D eigenvalue weighted by molar-refractivity contribution is 7.99. The molecular weight excluding hydrogens is 314 g/mol. The highest BCUT2D eigenvalue weighted by Crippen LogP contribution is 2.19. The molecule has 1 aliphatic heterocycles. The highest BCUT2D eigenvalue weighted by atomic mass is 32.2. The second kappa shape index (κ2) is 7.56. The standard InChI is InChI=1S/C16H19N3OS2/c1-19(16-17-6-9-22-16)7-8-20-15-4-2-13(3-5-15)10-14-11-21-12-18-14/h2-6,9-10,18H,7-8,11-12H2,1H3/b14-10-. The van der Waals surface area contributed by atoms with Crippen LogP contribution < -0.4 is 15.0 Å². The van der Waals surface area contributed by atoms with Crippen LogP contribution in [0.2, 0.25) is 0 Å². The van der Waals surface area contributed by atoms with Gasteiger partial charge in [0.15, 0.2) is 5.13 Å². The Morgan fingerprint density at radius 2 is 2.23 bits per heavy atom. The number of rotatable bonds is 6. The minimum absolute atomic E-state index is 0.648. The average Bonchev–Trinajstić information content (AvgIpc) is 3.22. The second-order valence-corrected chi connectivity index (χ2v) is 6.85. The smallest absolute Gasteiger partial charge is 0.185 e. The number of likely N-dealkylation sites (N-methyl/N-ethyl adjacent to an activating group) is 1. The van der Waals surface area contributed by atoms with E-state index >= 15 is 0 Å². The fourth-order valence-corrected chi connectivity index (χ4v) is 3.54. The minimum Gasteiger partial charge on any atom is -0.492 e. The Bertz CT molecular complexity index is 603. The topological polar surface area (TPSA) is 37.4 Å². The van der Waals surface area contributed by atoms with Gasteiger partial charge in [-0.3, -0.25) is 0 Å². The van der Waals surface area contributed by atoms with E-state index < -0.39 is 0 Å². The van der Waals surface area contributed by atoms with Crippen LogP contribution in [0.1, 0.15) is 5.56 Å². The molecule has 3 rings (SSSR count). The SMILES string of the molecule is CN(CCOc1ccc(/C=C2/CSCN2)cc1)c1nccs1. The van der Waals surface area contributed by atoms with E-state index in [0.717, 1.165) is 29.1 Å². The van der Waals surface area contributed by atoms with Crippen LogP contribution in [0.5, 0.6) is 5.75 Å². The van der Waals surface area contributed by atoms with E-state index in [1.807, 2.05) is 42.5 Å². The molecule has 0 saturated carbocycles. The van der Waals surface area contributed by atoms with Crippen LogP contribution in [0, 0.1) is 0 Å². The molecule has 1 saturated heterocycles. The van der Waals surface area contributed by atoms with Crippen molar-refractivity contribution in [1.29, 1.82) is 0 Å². The first kappa shape index (κ1) is 15.2. The summed E-state index contributed by atoms with van der Waals surface area (Å²) >= 11 is 3.54. The van der Waals surface area contributed by atoms with Gasteiger partial charge in [0.2, 0.25) is 0 Å². The number of nitrogens with one attached hydrogen (secondary N) is 1. The predicted molar refractivity (Wildman–Crippen MR) is 95.8 cm³/mol. The molecule has 0 bridgehead atoms. The van der Waals surface area contributed by atoms with Crippen LogP contribution in [0.4, 0.5) is 5.13 Å². The molecule has 0 radical (unpaired) electrons. The lowest BCUT2D eigenvalue weighted by atomic mass is 10.2. The molecule has 0 amide bonds. The minimum atomic E-state index is 0.648. The third kappa shape index (κ3) is 4.18. The van der Waals surface area contributed by atoms with Gasteiger partial charge in [-0.15, -0.1) is 23.1 Å². The van der Waals surface area contributed by atoms with E-state index in [1.165, 1.54) is 11.3 Å². The quantitative estimate of drug-likeness (QED) is 0.878. The summed E-state index contributed by atoms with van der Waals surface area (Å²) in [7, 11) is 2.03. The maximum Gasteiger partial charge on any atom is 0.185 e. The Labute approximate surface area is 139 Å². The van der Waals surface area contributed by atoms with Gasteiger partial charge >= 0.3 is 0 Å². The van der Waals surface area contributed by atoms with Gasteiger partial charge in [0.1, 0.15) is 12.4 Å². The van der Waals surface area contributed by atoms with Gasteiger partial charge in [-0.25, -0.2) is 4.98 Å². The molecule has 0 aliphatic carbocycles. The van der Waals surface area contributed by atoms with Crippen LogP contribution in [0.15, 0.2) is 41.5 Å². The molecule has 1 aliphatic rings. The van der Waals surface area contributed by atoms with E-state index in [-0.39, 0.29) is 0 Å². The third-order valence-corrected chi connectivity index (χ3v) is 5.07. The Morgan fingerprint density at radius 1 is 1.36 bits per heavy atom. The molecule has 0 unspecified atom stereocenters. The Kier molecular flexibility index (Phi) is 5.24. The lowest BCUT2D eigenvalue weighted by Gasteiger charge is -2.16. The summed E-state index contributed by atoms with van der Waals surface area (Å²) in [5, 5.41) is 6.37. The van der Waals surface area contributed by atoms with Crippen LogP contribution in [-0.2, 0) is 0 Å². The number of benzene rings is 1. The van der Waals surface area contributed by atoms with Crippen molar-refractivity contribution in [2.45, 2.75) is 0 Å². The normalized spacial score (nSPS) is 15.8. The fraction of sp³-hybridized carbons (Fsp3) is 0.312. The summed E-state index contributed by atoms with van der Waals surface area (Å²) in [4.78, 5) is 6.38. The first-order chi connectivity index (χ1) is 10.8. The summed E-state index contributed by atoms with van der Waals surface area (Å²) < 4.78 is 5.79. The number of ether oxygens (including phenoxy) is 1. The van der Waals surface area contributed by atoms with Crippen LogP contribution >= 0.6 is 23.1 Å². The Balaban J connectivity index is 1.48. The number of anilines is 1. The maximum atomic E-state index is 5.79. The zero-order valence-corrected chi connectivity index (χ0v) is 14.1. The van der Waals surface area contributed by atoms with E-state index in [4.69, 9.17) is 4.74 Å². The van der Waals surface area contributed by atoms with Gasteiger partial charge in [-0.1, -0.05) is 12.1 Å². The average molecular weight is 333 g/mol. The predicted octanol–water partition coefficient (Wildman–Crippen LogP) is 3.29. The summed E-state index contributed by atoms with van der Waals surface area (Å²) in [6, 6.07) is 8.24. The van der Waals surface area contributed by atoms with Crippen molar-refractivity contribution in [3.8, 4) is 5.75 Å². The Hall–Kier alpha value is -1.66. The van der Waals surface area contributed by atoms with Crippen molar-refractivity contribution in [2.75, 3.05) is 36.7 Å². The molecule has 1 aromatic carbocycles. The first-order valence-electron chi connectivity index (χ1n) is 7.17. The van der Waals surface area contributed by atoms with Crippen molar-refractivity contribution < 1.29 is 4.74 Å². The number of hydrogen-bond acceptors (Lipinski definition) is 6.